The largest absolute Gasteiger partial charge is 0.461 e. The van der Waals surface area contributed by atoms with Crippen molar-refractivity contribution in [1.29, 1.82) is 0 Å². The zero-order chi connectivity index (χ0) is 18.5. The number of rotatable bonds is 5. The lowest BCUT2D eigenvalue weighted by atomic mass is 9.87. The molecule has 0 amide bonds. The van der Waals surface area contributed by atoms with Gasteiger partial charge in [0, 0.05) is 18.0 Å². The number of nitrogens with zero attached hydrogens (tertiary/aromatic N) is 1. The van der Waals surface area contributed by atoms with Gasteiger partial charge in [-0.2, -0.15) is 0 Å². The van der Waals surface area contributed by atoms with E-state index >= 15 is 0 Å². The second-order valence-corrected chi connectivity index (χ2v) is 6.99. The van der Waals surface area contributed by atoms with Gasteiger partial charge in [0.1, 0.15) is 0 Å². The van der Waals surface area contributed by atoms with Crippen LogP contribution in [0.25, 0.3) is 6.08 Å². The van der Waals surface area contributed by atoms with Crippen molar-refractivity contribution in [2.45, 2.75) is 45.6 Å². The number of ketones is 1. The fraction of sp³-hybridized carbons (Fsp3) is 0.476. The number of hydrogen-bond donors (Lipinski definition) is 1. The van der Waals surface area contributed by atoms with Gasteiger partial charge in [0.2, 0.25) is 0 Å². The number of esters is 1. The second-order valence-electron chi connectivity index (χ2n) is 6.99. The van der Waals surface area contributed by atoms with Crippen LogP contribution in [-0.2, 0) is 14.3 Å². The van der Waals surface area contributed by atoms with E-state index in [4.69, 9.17) is 4.74 Å². The van der Waals surface area contributed by atoms with Gasteiger partial charge in [-0.3, -0.25) is 4.79 Å². The molecule has 1 fully saturated rings. The van der Waals surface area contributed by atoms with E-state index < -0.39 is 5.97 Å². The summed E-state index contributed by atoms with van der Waals surface area (Å²) in [4.78, 5) is 29.3. The van der Waals surface area contributed by atoms with Crippen LogP contribution in [0, 0.1) is 5.92 Å². The van der Waals surface area contributed by atoms with Crippen LogP contribution >= 0.6 is 0 Å². The molecule has 2 heterocycles. The van der Waals surface area contributed by atoms with E-state index in [1.54, 1.807) is 6.92 Å². The third kappa shape index (κ3) is 4.28. The van der Waals surface area contributed by atoms with E-state index in [1.807, 2.05) is 24.3 Å². The van der Waals surface area contributed by atoms with Gasteiger partial charge in [-0.25, -0.2) is 9.79 Å². The Labute approximate surface area is 154 Å². The summed E-state index contributed by atoms with van der Waals surface area (Å²) in [6.07, 6.45) is 5.65. The van der Waals surface area contributed by atoms with Gasteiger partial charge in [0.15, 0.2) is 11.5 Å². The molecule has 1 saturated heterocycles. The van der Waals surface area contributed by atoms with Gasteiger partial charge >= 0.3 is 5.97 Å². The van der Waals surface area contributed by atoms with Gasteiger partial charge < -0.3 is 10.1 Å². The molecule has 0 spiro atoms. The molecule has 0 saturated carbocycles. The lowest BCUT2D eigenvalue weighted by Crippen LogP contribution is -2.29. The highest BCUT2D eigenvalue weighted by atomic mass is 16.5. The van der Waals surface area contributed by atoms with Crippen molar-refractivity contribution >= 4 is 29.2 Å². The van der Waals surface area contributed by atoms with Gasteiger partial charge in [-0.1, -0.05) is 36.8 Å². The molecule has 0 bridgehead atoms. The van der Waals surface area contributed by atoms with Gasteiger partial charge in [0.05, 0.1) is 12.3 Å². The molecule has 1 aromatic carbocycles. The fourth-order valence-corrected chi connectivity index (χ4v) is 3.63. The summed E-state index contributed by atoms with van der Waals surface area (Å²) in [7, 11) is 0. The average molecular weight is 354 g/mol. The van der Waals surface area contributed by atoms with Crippen molar-refractivity contribution in [2.75, 3.05) is 13.2 Å². The minimum atomic E-state index is -0.640. The highest BCUT2D eigenvalue weighted by Crippen LogP contribution is 2.31. The van der Waals surface area contributed by atoms with Crippen molar-refractivity contribution in [3.63, 3.8) is 0 Å². The Balaban J connectivity index is 1.92. The average Bonchev–Trinajstić information content (AvgIpc) is 3.11. The molecule has 2 atom stereocenters. The normalized spacial score (nSPS) is 25.2. The number of aliphatic imine (C=N–C) groups is 1. The highest BCUT2D eigenvalue weighted by molar-refractivity contribution is 6.65. The van der Waals surface area contributed by atoms with Gasteiger partial charge in [-0.05, 0) is 44.7 Å². The number of ether oxygens (including phenoxy) is 1. The second kappa shape index (κ2) is 8.41. The zero-order valence-electron chi connectivity index (χ0n) is 15.5. The Morgan fingerprint density at radius 3 is 2.92 bits per heavy atom. The van der Waals surface area contributed by atoms with E-state index in [1.165, 1.54) is 12.8 Å². The summed E-state index contributed by atoms with van der Waals surface area (Å²) in [6.45, 7) is 5.17. The van der Waals surface area contributed by atoms with Crippen LogP contribution in [-0.4, -0.2) is 36.7 Å². The smallest absolute Gasteiger partial charge is 0.360 e. The van der Waals surface area contributed by atoms with Crippen molar-refractivity contribution in [1.82, 2.24) is 5.32 Å². The van der Waals surface area contributed by atoms with Crippen molar-refractivity contribution in [2.24, 2.45) is 10.9 Å². The van der Waals surface area contributed by atoms with Crippen molar-refractivity contribution in [3.05, 3.63) is 35.4 Å². The SMILES string of the molecule is CCOC(=O)/C1=N/c2ccccc2/C=C(\[C@@H](C)C[C@@H]2CCCN2)CC1=O. The Morgan fingerprint density at radius 2 is 2.19 bits per heavy atom. The topological polar surface area (TPSA) is 67.8 Å². The fourth-order valence-electron chi connectivity index (χ4n) is 3.63. The number of Topliss-reactive ketones (excluding diaryl/α,β-unsaturated/α-hetero) is 1. The standard InChI is InChI=1S/C21H26N2O3/c1-3-26-21(25)20-19(24)13-16(14(2)11-17-8-6-10-22-17)12-15-7-4-5-9-18(15)23-20/h4-5,7,9,12,14,17,22H,3,6,8,10-11,13H2,1-2H3/b16-12-,23-20+/t14-,17-/m0/s1. The number of allylic oxidation sites excluding steroid dienone is 1. The van der Waals surface area contributed by atoms with Crippen LogP contribution in [0.4, 0.5) is 5.69 Å². The first-order valence-corrected chi connectivity index (χ1v) is 9.40. The Hall–Kier alpha value is -2.27. The molecule has 3 rings (SSSR count). The Bertz CT molecular complexity index is 745. The minimum Gasteiger partial charge on any atom is -0.461 e. The third-order valence-corrected chi connectivity index (χ3v) is 5.04. The third-order valence-electron chi connectivity index (χ3n) is 5.04. The zero-order valence-corrected chi connectivity index (χ0v) is 15.5. The lowest BCUT2D eigenvalue weighted by molar-refractivity contribution is -0.135. The number of nitrogens with one attached hydrogen (secondary N) is 1. The molecule has 0 aromatic heterocycles. The molecule has 1 aromatic rings. The molecule has 26 heavy (non-hydrogen) atoms. The monoisotopic (exact) mass is 354 g/mol. The molecular weight excluding hydrogens is 328 g/mol. The summed E-state index contributed by atoms with van der Waals surface area (Å²) in [5, 5.41) is 3.52. The summed E-state index contributed by atoms with van der Waals surface area (Å²) in [6, 6.07) is 8.10. The molecule has 5 nitrogen and oxygen atoms in total. The summed E-state index contributed by atoms with van der Waals surface area (Å²) < 4.78 is 5.05. The van der Waals surface area contributed by atoms with Crippen molar-refractivity contribution in [3.8, 4) is 0 Å². The number of carbonyl (C=O) groups excluding carboxylic acids is 2. The van der Waals surface area contributed by atoms with Crippen LogP contribution in [0.15, 0.2) is 34.8 Å². The first-order chi connectivity index (χ1) is 12.6. The molecular formula is C21H26N2O3. The number of para-hydroxylation sites is 1. The van der Waals surface area contributed by atoms with Crippen LogP contribution in [0.5, 0.6) is 0 Å². The van der Waals surface area contributed by atoms with E-state index in [9.17, 15) is 9.59 Å². The van der Waals surface area contributed by atoms with Gasteiger partial charge in [0.25, 0.3) is 0 Å². The molecule has 0 radical (unpaired) electrons. The molecule has 2 aliphatic rings. The van der Waals surface area contributed by atoms with Crippen LogP contribution in [0.1, 0.15) is 45.1 Å². The van der Waals surface area contributed by atoms with Gasteiger partial charge in [-0.15, -0.1) is 0 Å². The van der Waals surface area contributed by atoms with Crippen molar-refractivity contribution < 1.29 is 14.3 Å². The molecule has 5 heteroatoms. The molecule has 138 valence electrons. The minimum absolute atomic E-state index is 0.101. The maximum absolute atomic E-state index is 12.8. The number of benzene rings is 1. The van der Waals surface area contributed by atoms with E-state index in [-0.39, 0.29) is 30.4 Å². The molecule has 2 aliphatic heterocycles. The summed E-state index contributed by atoms with van der Waals surface area (Å²) in [5.41, 5.74) is 2.51. The van der Waals surface area contributed by atoms with Crippen LogP contribution < -0.4 is 5.32 Å². The van der Waals surface area contributed by atoms with Crippen LogP contribution in [0.3, 0.4) is 0 Å². The highest BCUT2D eigenvalue weighted by Gasteiger charge is 2.27. The molecule has 0 aliphatic carbocycles. The predicted molar refractivity (Wildman–Crippen MR) is 103 cm³/mol. The predicted octanol–water partition coefficient (Wildman–Crippen LogP) is 3.46. The number of fused-ring (bicyclic) bond motifs is 1. The van der Waals surface area contributed by atoms with E-state index in [0.29, 0.717) is 11.7 Å². The first-order valence-electron chi connectivity index (χ1n) is 9.40. The maximum atomic E-state index is 12.8. The maximum Gasteiger partial charge on any atom is 0.360 e. The summed E-state index contributed by atoms with van der Waals surface area (Å²) in [5.74, 6) is -0.654. The lowest BCUT2D eigenvalue weighted by Gasteiger charge is -2.21. The number of hydrogen-bond acceptors (Lipinski definition) is 5. The number of carbonyl (C=O) groups is 2. The summed E-state index contributed by atoms with van der Waals surface area (Å²) >= 11 is 0. The van der Waals surface area contributed by atoms with E-state index in [2.05, 4.69) is 23.3 Å². The quantitative estimate of drug-likeness (QED) is 0.822. The first kappa shape index (κ1) is 18.5. The molecule has 0 unspecified atom stereocenters. The Kier molecular flexibility index (Phi) is 5.99. The Morgan fingerprint density at radius 1 is 1.38 bits per heavy atom. The van der Waals surface area contributed by atoms with Crippen LogP contribution in [0.2, 0.25) is 0 Å². The molecule has 1 N–H and O–H groups in total. The van der Waals surface area contributed by atoms with E-state index in [0.717, 1.165) is 24.1 Å².